The Morgan fingerprint density at radius 3 is 2.57 bits per heavy atom. The molecule has 0 spiro atoms. The average molecular weight is 298 g/mol. The maximum atomic E-state index is 14.3. The number of benzene rings is 2. The van der Waals surface area contributed by atoms with E-state index in [-0.39, 0.29) is 5.82 Å². The van der Waals surface area contributed by atoms with E-state index in [4.69, 9.17) is 5.73 Å². The second kappa shape index (κ2) is 5.76. The van der Waals surface area contributed by atoms with Gasteiger partial charge in [0.2, 0.25) is 0 Å². The van der Waals surface area contributed by atoms with Crippen molar-refractivity contribution < 1.29 is 4.39 Å². The van der Waals surface area contributed by atoms with Gasteiger partial charge in [0.05, 0.1) is 5.69 Å². The summed E-state index contributed by atoms with van der Waals surface area (Å²) in [6, 6.07) is 15.2. The minimum absolute atomic E-state index is 0.213. The highest BCUT2D eigenvalue weighted by Crippen LogP contribution is 2.35. The Hall–Kier alpha value is -2.04. The van der Waals surface area contributed by atoms with Crippen LogP contribution in [0.2, 0.25) is 0 Å². The standard InChI is InChI=1S/C17H15FN2S/c1-11-6-5-9-13(15(11)18)17-20-16(14(10-19)21-17)12-7-3-2-4-8-12/h2-9H,10,19H2,1H3. The lowest BCUT2D eigenvalue weighted by atomic mass is 10.1. The summed E-state index contributed by atoms with van der Waals surface area (Å²) in [5.74, 6) is -0.213. The predicted octanol–water partition coefficient (Wildman–Crippen LogP) is 4.38. The van der Waals surface area contributed by atoms with E-state index in [9.17, 15) is 4.39 Å². The maximum Gasteiger partial charge on any atom is 0.136 e. The Morgan fingerprint density at radius 1 is 1.10 bits per heavy atom. The Bertz CT molecular complexity index is 766. The van der Waals surface area contributed by atoms with Gasteiger partial charge in [-0.15, -0.1) is 11.3 Å². The summed E-state index contributed by atoms with van der Waals surface area (Å²) in [5, 5.41) is 0.676. The van der Waals surface area contributed by atoms with E-state index in [1.165, 1.54) is 11.3 Å². The second-order valence-electron chi connectivity index (χ2n) is 4.80. The summed E-state index contributed by atoms with van der Waals surface area (Å²) < 4.78 is 14.3. The van der Waals surface area contributed by atoms with Gasteiger partial charge in [-0.2, -0.15) is 0 Å². The molecule has 3 aromatic rings. The fourth-order valence-corrected chi connectivity index (χ4v) is 3.22. The number of aromatic nitrogens is 1. The minimum Gasteiger partial charge on any atom is -0.326 e. The normalized spacial score (nSPS) is 10.8. The lowest BCUT2D eigenvalue weighted by Gasteiger charge is -2.01. The number of thiazole rings is 1. The van der Waals surface area contributed by atoms with Crippen LogP contribution in [0.15, 0.2) is 48.5 Å². The highest BCUT2D eigenvalue weighted by molar-refractivity contribution is 7.15. The van der Waals surface area contributed by atoms with Crippen LogP contribution in [-0.4, -0.2) is 4.98 Å². The van der Waals surface area contributed by atoms with Crippen molar-refractivity contribution in [2.45, 2.75) is 13.5 Å². The van der Waals surface area contributed by atoms with Gasteiger partial charge in [-0.3, -0.25) is 0 Å². The van der Waals surface area contributed by atoms with Crippen LogP contribution in [-0.2, 0) is 6.54 Å². The largest absolute Gasteiger partial charge is 0.326 e. The molecule has 0 saturated carbocycles. The molecule has 4 heteroatoms. The van der Waals surface area contributed by atoms with Gasteiger partial charge >= 0.3 is 0 Å². The molecule has 2 aromatic carbocycles. The van der Waals surface area contributed by atoms with Crippen molar-refractivity contribution in [3.05, 3.63) is 64.8 Å². The van der Waals surface area contributed by atoms with Crippen LogP contribution in [0, 0.1) is 12.7 Å². The molecule has 0 unspecified atom stereocenters. The van der Waals surface area contributed by atoms with E-state index in [2.05, 4.69) is 4.98 Å². The molecule has 0 saturated heterocycles. The predicted molar refractivity (Wildman–Crippen MR) is 85.6 cm³/mol. The Kier molecular flexibility index (Phi) is 3.82. The molecule has 1 aromatic heterocycles. The third-order valence-electron chi connectivity index (χ3n) is 3.35. The van der Waals surface area contributed by atoms with Gasteiger partial charge < -0.3 is 5.73 Å². The number of hydrogen-bond acceptors (Lipinski definition) is 3. The Labute approximate surface area is 127 Å². The van der Waals surface area contributed by atoms with E-state index in [1.54, 1.807) is 19.1 Å². The van der Waals surface area contributed by atoms with Crippen LogP contribution in [0.25, 0.3) is 21.8 Å². The molecule has 2 N–H and O–H groups in total. The minimum atomic E-state index is -0.213. The summed E-state index contributed by atoms with van der Waals surface area (Å²) in [6.07, 6.45) is 0. The van der Waals surface area contributed by atoms with Crippen molar-refractivity contribution in [1.82, 2.24) is 4.98 Å². The van der Waals surface area contributed by atoms with Crippen molar-refractivity contribution in [2.24, 2.45) is 5.73 Å². The van der Waals surface area contributed by atoms with Crippen LogP contribution in [0.5, 0.6) is 0 Å². The molecule has 0 bridgehead atoms. The molecule has 0 radical (unpaired) electrons. The Balaban J connectivity index is 2.14. The quantitative estimate of drug-likeness (QED) is 0.779. The first-order chi connectivity index (χ1) is 10.2. The van der Waals surface area contributed by atoms with E-state index >= 15 is 0 Å². The van der Waals surface area contributed by atoms with Gasteiger partial charge in [0.25, 0.3) is 0 Å². The maximum absolute atomic E-state index is 14.3. The third kappa shape index (κ3) is 2.60. The molecule has 0 amide bonds. The van der Waals surface area contributed by atoms with E-state index in [1.807, 2.05) is 36.4 Å². The van der Waals surface area contributed by atoms with Crippen molar-refractivity contribution in [1.29, 1.82) is 0 Å². The first-order valence-electron chi connectivity index (χ1n) is 6.71. The van der Waals surface area contributed by atoms with Crippen LogP contribution in [0.4, 0.5) is 4.39 Å². The van der Waals surface area contributed by atoms with Gasteiger partial charge in [0, 0.05) is 22.5 Å². The number of hydrogen-bond donors (Lipinski definition) is 1. The number of halogens is 1. The molecule has 2 nitrogen and oxygen atoms in total. The molecule has 1 heterocycles. The smallest absolute Gasteiger partial charge is 0.136 e. The van der Waals surface area contributed by atoms with Crippen molar-refractivity contribution in [2.75, 3.05) is 0 Å². The number of aryl methyl sites for hydroxylation is 1. The van der Waals surface area contributed by atoms with E-state index in [0.29, 0.717) is 22.7 Å². The fraction of sp³-hybridized carbons (Fsp3) is 0.118. The summed E-state index contributed by atoms with van der Waals surface area (Å²) in [7, 11) is 0. The Morgan fingerprint density at radius 2 is 1.86 bits per heavy atom. The zero-order valence-corrected chi connectivity index (χ0v) is 12.5. The van der Waals surface area contributed by atoms with Gasteiger partial charge in [-0.25, -0.2) is 9.37 Å². The zero-order chi connectivity index (χ0) is 14.8. The SMILES string of the molecule is Cc1cccc(-c2nc(-c3ccccc3)c(CN)s2)c1F. The van der Waals surface area contributed by atoms with Gasteiger partial charge in [-0.05, 0) is 18.6 Å². The van der Waals surface area contributed by atoms with Crippen LogP contribution >= 0.6 is 11.3 Å². The topological polar surface area (TPSA) is 38.9 Å². The molecule has 0 aliphatic rings. The van der Waals surface area contributed by atoms with Gasteiger partial charge in [-0.1, -0.05) is 42.5 Å². The number of nitrogens with zero attached hydrogens (tertiary/aromatic N) is 1. The van der Waals surface area contributed by atoms with Gasteiger partial charge in [0.1, 0.15) is 10.8 Å². The lowest BCUT2D eigenvalue weighted by molar-refractivity contribution is 0.622. The highest BCUT2D eigenvalue weighted by Gasteiger charge is 2.16. The lowest BCUT2D eigenvalue weighted by Crippen LogP contribution is -1.95. The number of nitrogens with two attached hydrogens (primary N) is 1. The molecular formula is C17H15FN2S. The molecule has 3 rings (SSSR count). The third-order valence-corrected chi connectivity index (χ3v) is 4.46. The molecule has 0 aliphatic heterocycles. The average Bonchev–Trinajstić information content (AvgIpc) is 2.95. The molecule has 0 fully saturated rings. The first-order valence-corrected chi connectivity index (χ1v) is 7.53. The van der Waals surface area contributed by atoms with Crippen LogP contribution in [0.1, 0.15) is 10.4 Å². The first kappa shape index (κ1) is 13.9. The summed E-state index contributed by atoms with van der Waals surface area (Å²) in [6.45, 7) is 2.16. The van der Waals surface area contributed by atoms with Crippen LogP contribution in [0.3, 0.4) is 0 Å². The monoisotopic (exact) mass is 298 g/mol. The van der Waals surface area contributed by atoms with Crippen LogP contribution < -0.4 is 5.73 Å². The van der Waals surface area contributed by atoms with Crippen molar-refractivity contribution >= 4 is 11.3 Å². The fourth-order valence-electron chi connectivity index (χ4n) is 2.24. The summed E-state index contributed by atoms with van der Waals surface area (Å²) in [5.41, 5.74) is 8.84. The summed E-state index contributed by atoms with van der Waals surface area (Å²) >= 11 is 1.45. The number of rotatable bonds is 3. The molecule has 0 atom stereocenters. The molecule has 106 valence electrons. The highest BCUT2D eigenvalue weighted by atomic mass is 32.1. The van der Waals surface area contributed by atoms with Crippen molar-refractivity contribution in [3.8, 4) is 21.8 Å². The molecular weight excluding hydrogens is 283 g/mol. The molecule has 0 aliphatic carbocycles. The van der Waals surface area contributed by atoms with Gasteiger partial charge in [0.15, 0.2) is 0 Å². The zero-order valence-electron chi connectivity index (χ0n) is 11.6. The second-order valence-corrected chi connectivity index (χ2v) is 5.88. The van der Waals surface area contributed by atoms with E-state index < -0.39 is 0 Å². The van der Waals surface area contributed by atoms with E-state index in [0.717, 1.165) is 16.1 Å². The van der Waals surface area contributed by atoms with Crippen molar-refractivity contribution in [3.63, 3.8) is 0 Å². The summed E-state index contributed by atoms with van der Waals surface area (Å²) in [4.78, 5) is 5.59. The molecule has 21 heavy (non-hydrogen) atoms.